The van der Waals surface area contributed by atoms with Crippen molar-refractivity contribution in [2.24, 2.45) is 0 Å². The lowest BCUT2D eigenvalue weighted by atomic mass is 10.2. The number of carbonyl (C=O) groups is 1. The second-order valence-corrected chi connectivity index (χ2v) is 3.41. The molecule has 0 aliphatic heterocycles. The number of ether oxygens (including phenoxy) is 1. The van der Waals surface area contributed by atoms with Crippen LogP contribution >= 0.6 is 0 Å². The first-order chi connectivity index (χ1) is 7.69. The number of esters is 1. The second kappa shape index (κ2) is 6.05. The van der Waals surface area contributed by atoms with Gasteiger partial charge in [-0.05, 0) is 13.3 Å². The molecule has 0 saturated carbocycles. The number of nitrogens with zero attached hydrogens (tertiary/aromatic N) is 2. The quantitative estimate of drug-likeness (QED) is 0.767. The fourth-order valence-electron chi connectivity index (χ4n) is 1.25. The predicted molar refractivity (Wildman–Crippen MR) is 61.0 cm³/mol. The molecule has 5 nitrogen and oxygen atoms in total. The summed E-state index contributed by atoms with van der Waals surface area (Å²) in [5, 5.41) is 0. The van der Waals surface area contributed by atoms with E-state index in [1.54, 1.807) is 6.92 Å². The number of nitrogen functional groups attached to an aromatic ring is 1. The average Bonchev–Trinajstić information content (AvgIpc) is 2.26. The number of aryl methyl sites for hydroxylation is 1. The van der Waals surface area contributed by atoms with Gasteiger partial charge >= 0.3 is 5.97 Å². The molecule has 0 atom stereocenters. The van der Waals surface area contributed by atoms with Gasteiger partial charge in [0.05, 0.1) is 6.61 Å². The Morgan fingerprint density at radius 1 is 1.50 bits per heavy atom. The number of unbranched alkanes of at least 4 members (excludes halogenated alkanes) is 1. The molecule has 0 aliphatic rings. The summed E-state index contributed by atoms with van der Waals surface area (Å²) >= 11 is 0. The SMILES string of the molecule is CCCCc1ncc(C(=O)OCC)c(N)n1. The van der Waals surface area contributed by atoms with Crippen LogP contribution in [0.2, 0.25) is 0 Å². The zero-order valence-corrected chi connectivity index (χ0v) is 9.69. The van der Waals surface area contributed by atoms with E-state index in [4.69, 9.17) is 10.5 Å². The lowest BCUT2D eigenvalue weighted by molar-refractivity contribution is 0.0526. The van der Waals surface area contributed by atoms with Crippen LogP contribution in [-0.2, 0) is 11.2 Å². The number of hydrogen-bond acceptors (Lipinski definition) is 5. The number of hydrogen-bond donors (Lipinski definition) is 1. The maximum absolute atomic E-state index is 11.4. The van der Waals surface area contributed by atoms with Gasteiger partial charge in [0.1, 0.15) is 17.2 Å². The van der Waals surface area contributed by atoms with Crippen LogP contribution in [0.1, 0.15) is 42.9 Å². The third kappa shape index (κ3) is 3.18. The summed E-state index contributed by atoms with van der Waals surface area (Å²) in [5.41, 5.74) is 5.91. The van der Waals surface area contributed by atoms with Crippen LogP contribution in [0.15, 0.2) is 6.20 Å². The van der Waals surface area contributed by atoms with Crippen LogP contribution in [0.3, 0.4) is 0 Å². The van der Waals surface area contributed by atoms with E-state index in [2.05, 4.69) is 16.9 Å². The lowest BCUT2D eigenvalue weighted by Crippen LogP contribution is -2.11. The van der Waals surface area contributed by atoms with E-state index in [0.717, 1.165) is 19.3 Å². The Balaban J connectivity index is 2.78. The molecule has 0 saturated heterocycles. The van der Waals surface area contributed by atoms with E-state index in [0.29, 0.717) is 12.4 Å². The molecule has 2 N–H and O–H groups in total. The van der Waals surface area contributed by atoms with Crippen molar-refractivity contribution in [2.45, 2.75) is 33.1 Å². The van der Waals surface area contributed by atoms with Gasteiger partial charge in [-0.25, -0.2) is 14.8 Å². The molecule has 0 aromatic carbocycles. The molecule has 1 rings (SSSR count). The summed E-state index contributed by atoms with van der Waals surface area (Å²) in [6.45, 7) is 4.15. The van der Waals surface area contributed by atoms with Gasteiger partial charge in [0.25, 0.3) is 0 Å². The Morgan fingerprint density at radius 2 is 2.25 bits per heavy atom. The molecule has 16 heavy (non-hydrogen) atoms. The summed E-state index contributed by atoms with van der Waals surface area (Å²) in [6.07, 6.45) is 4.30. The highest BCUT2D eigenvalue weighted by molar-refractivity contribution is 5.93. The Morgan fingerprint density at radius 3 is 2.81 bits per heavy atom. The van der Waals surface area contributed by atoms with Crippen LogP contribution in [0.4, 0.5) is 5.82 Å². The van der Waals surface area contributed by atoms with Gasteiger partial charge < -0.3 is 10.5 Å². The molecule has 88 valence electrons. The first kappa shape index (κ1) is 12.4. The Hall–Kier alpha value is -1.65. The lowest BCUT2D eigenvalue weighted by Gasteiger charge is -2.05. The van der Waals surface area contributed by atoms with Gasteiger partial charge in [-0.15, -0.1) is 0 Å². The van der Waals surface area contributed by atoms with Gasteiger partial charge in [0.2, 0.25) is 0 Å². The van der Waals surface area contributed by atoms with Crippen molar-refractivity contribution in [3.8, 4) is 0 Å². The summed E-state index contributed by atoms with van der Waals surface area (Å²) < 4.78 is 4.83. The molecule has 0 spiro atoms. The monoisotopic (exact) mass is 223 g/mol. The Labute approximate surface area is 95.0 Å². The third-order valence-electron chi connectivity index (χ3n) is 2.12. The Kier molecular flexibility index (Phi) is 4.69. The zero-order chi connectivity index (χ0) is 12.0. The van der Waals surface area contributed by atoms with Gasteiger partial charge in [-0.1, -0.05) is 13.3 Å². The molecular formula is C11H17N3O2. The van der Waals surface area contributed by atoms with Crippen LogP contribution < -0.4 is 5.73 Å². The number of nitrogens with two attached hydrogens (primary N) is 1. The van der Waals surface area contributed by atoms with Crippen molar-refractivity contribution < 1.29 is 9.53 Å². The highest BCUT2D eigenvalue weighted by atomic mass is 16.5. The van der Waals surface area contributed by atoms with E-state index < -0.39 is 5.97 Å². The maximum Gasteiger partial charge on any atom is 0.343 e. The molecule has 0 aliphatic carbocycles. The summed E-state index contributed by atoms with van der Waals surface area (Å²) in [4.78, 5) is 19.6. The third-order valence-corrected chi connectivity index (χ3v) is 2.12. The van der Waals surface area contributed by atoms with Crippen molar-refractivity contribution in [2.75, 3.05) is 12.3 Å². The number of anilines is 1. The second-order valence-electron chi connectivity index (χ2n) is 3.41. The molecular weight excluding hydrogens is 206 g/mol. The number of rotatable bonds is 5. The van der Waals surface area contributed by atoms with E-state index in [1.807, 2.05) is 0 Å². The minimum Gasteiger partial charge on any atom is -0.462 e. The smallest absolute Gasteiger partial charge is 0.343 e. The summed E-state index contributed by atoms with van der Waals surface area (Å²) in [7, 11) is 0. The molecule has 0 bridgehead atoms. The molecule has 0 unspecified atom stereocenters. The minimum atomic E-state index is -0.470. The van der Waals surface area contributed by atoms with Crippen molar-refractivity contribution >= 4 is 11.8 Å². The average molecular weight is 223 g/mol. The zero-order valence-electron chi connectivity index (χ0n) is 9.69. The van der Waals surface area contributed by atoms with Gasteiger partial charge in [-0.2, -0.15) is 0 Å². The maximum atomic E-state index is 11.4. The van der Waals surface area contributed by atoms with Crippen LogP contribution in [0.25, 0.3) is 0 Å². The van der Waals surface area contributed by atoms with Gasteiger partial charge in [0.15, 0.2) is 0 Å². The van der Waals surface area contributed by atoms with Crippen LogP contribution in [0.5, 0.6) is 0 Å². The number of carbonyl (C=O) groups excluding carboxylic acids is 1. The fourth-order valence-corrected chi connectivity index (χ4v) is 1.25. The van der Waals surface area contributed by atoms with E-state index in [9.17, 15) is 4.79 Å². The topological polar surface area (TPSA) is 78.1 Å². The van der Waals surface area contributed by atoms with Crippen molar-refractivity contribution in [1.29, 1.82) is 0 Å². The molecule has 0 radical (unpaired) electrons. The minimum absolute atomic E-state index is 0.194. The fraction of sp³-hybridized carbons (Fsp3) is 0.545. The van der Waals surface area contributed by atoms with E-state index in [-0.39, 0.29) is 11.4 Å². The normalized spacial score (nSPS) is 10.1. The summed E-state index contributed by atoms with van der Waals surface area (Å²) in [6, 6.07) is 0. The highest BCUT2D eigenvalue weighted by Crippen LogP contribution is 2.10. The molecule has 0 fully saturated rings. The number of aromatic nitrogens is 2. The largest absolute Gasteiger partial charge is 0.462 e. The van der Waals surface area contributed by atoms with Crippen LogP contribution in [0, 0.1) is 0 Å². The molecule has 1 aromatic rings. The van der Waals surface area contributed by atoms with E-state index >= 15 is 0 Å². The van der Waals surface area contributed by atoms with E-state index in [1.165, 1.54) is 6.20 Å². The Bertz CT molecular complexity index is 366. The van der Waals surface area contributed by atoms with Crippen molar-refractivity contribution in [3.05, 3.63) is 17.6 Å². The molecule has 1 heterocycles. The summed E-state index contributed by atoms with van der Waals surface area (Å²) in [5.74, 6) is 0.397. The molecule has 1 aromatic heterocycles. The molecule has 5 heteroatoms. The molecule has 0 amide bonds. The first-order valence-corrected chi connectivity index (χ1v) is 5.47. The van der Waals surface area contributed by atoms with Crippen molar-refractivity contribution in [1.82, 2.24) is 9.97 Å². The van der Waals surface area contributed by atoms with Gasteiger partial charge in [0, 0.05) is 12.6 Å². The first-order valence-electron chi connectivity index (χ1n) is 5.47. The predicted octanol–water partition coefficient (Wildman–Crippen LogP) is 1.58. The van der Waals surface area contributed by atoms with Crippen LogP contribution in [-0.4, -0.2) is 22.5 Å². The van der Waals surface area contributed by atoms with Crippen molar-refractivity contribution in [3.63, 3.8) is 0 Å². The standard InChI is InChI=1S/C11H17N3O2/c1-3-5-6-9-13-7-8(10(12)14-9)11(15)16-4-2/h7H,3-6H2,1-2H3,(H2,12,13,14). The highest BCUT2D eigenvalue weighted by Gasteiger charge is 2.13. The van der Waals surface area contributed by atoms with Gasteiger partial charge in [-0.3, -0.25) is 0 Å².